The summed E-state index contributed by atoms with van der Waals surface area (Å²) in [5.74, 6) is 0. The van der Waals surface area contributed by atoms with Crippen molar-refractivity contribution in [3.05, 3.63) is 0 Å². The predicted octanol–water partition coefficient (Wildman–Crippen LogP) is 0.705. The van der Waals surface area contributed by atoms with Crippen molar-refractivity contribution in [2.24, 2.45) is 0 Å². The highest BCUT2D eigenvalue weighted by Gasteiger charge is 2.21. The third kappa shape index (κ3) is 3.63. The Balaban J connectivity index is 2.21. The number of ether oxygens (including phenoxy) is 1. The minimum Gasteiger partial charge on any atom is -0.380 e. The lowest BCUT2D eigenvalue weighted by atomic mass is 10.1. The molecule has 1 rings (SSSR count). The standard InChI is InChI=1S/C10H22N2O/c1-4-13-6-5-12-8-9(2)11-7-10(12)3/h9-11H,4-8H2,1-3H3. The summed E-state index contributed by atoms with van der Waals surface area (Å²) in [6.45, 7) is 11.6. The lowest BCUT2D eigenvalue weighted by molar-refractivity contribution is 0.0781. The fourth-order valence-corrected chi connectivity index (χ4v) is 1.73. The number of hydrogen-bond acceptors (Lipinski definition) is 3. The molecule has 3 nitrogen and oxygen atoms in total. The lowest BCUT2D eigenvalue weighted by Gasteiger charge is -2.37. The Morgan fingerprint density at radius 2 is 2.23 bits per heavy atom. The average Bonchev–Trinajstić information content (AvgIpc) is 2.11. The van der Waals surface area contributed by atoms with Crippen LogP contribution in [-0.2, 0) is 4.74 Å². The molecular weight excluding hydrogens is 164 g/mol. The number of nitrogens with one attached hydrogen (secondary N) is 1. The summed E-state index contributed by atoms with van der Waals surface area (Å²) in [6, 6.07) is 1.27. The Labute approximate surface area is 81.4 Å². The van der Waals surface area contributed by atoms with Gasteiger partial charge in [0.1, 0.15) is 0 Å². The van der Waals surface area contributed by atoms with Gasteiger partial charge in [-0.15, -0.1) is 0 Å². The molecule has 0 bridgehead atoms. The van der Waals surface area contributed by atoms with E-state index < -0.39 is 0 Å². The molecule has 2 atom stereocenters. The van der Waals surface area contributed by atoms with Gasteiger partial charge in [-0.2, -0.15) is 0 Å². The van der Waals surface area contributed by atoms with E-state index in [-0.39, 0.29) is 0 Å². The molecule has 1 N–H and O–H groups in total. The highest BCUT2D eigenvalue weighted by molar-refractivity contribution is 4.80. The van der Waals surface area contributed by atoms with Crippen LogP contribution in [0.3, 0.4) is 0 Å². The van der Waals surface area contributed by atoms with Crippen LogP contribution in [0.4, 0.5) is 0 Å². The van der Waals surface area contributed by atoms with Gasteiger partial charge in [0.25, 0.3) is 0 Å². The zero-order valence-electron chi connectivity index (χ0n) is 9.05. The monoisotopic (exact) mass is 186 g/mol. The molecule has 13 heavy (non-hydrogen) atoms. The van der Waals surface area contributed by atoms with Gasteiger partial charge in [0, 0.05) is 38.3 Å². The van der Waals surface area contributed by atoms with Gasteiger partial charge < -0.3 is 10.1 Å². The second-order valence-corrected chi connectivity index (χ2v) is 3.85. The van der Waals surface area contributed by atoms with Crippen LogP contribution in [0.5, 0.6) is 0 Å². The maximum absolute atomic E-state index is 5.36. The molecule has 0 aromatic carbocycles. The van der Waals surface area contributed by atoms with Crippen LogP contribution in [0, 0.1) is 0 Å². The first-order chi connectivity index (χ1) is 6.24. The van der Waals surface area contributed by atoms with Crippen LogP contribution in [0.1, 0.15) is 20.8 Å². The number of rotatable bonds is 4. The molecule has 2 unspecified atom stereocenters. The number of hydrogen-bond donors (Lipinski definition) is 1. The Morgan fingerprint density at radius 3 is 2.92 bits per heavy atom. The van der Waals surface area contributed by atoms with Crippen LogP contribution in [0.15, 0.2) is 0 Å². The Kier molecular flexibility index (Phi) is 4.70. The molecule has 1 fully saturated rings. The summed E-state index contributed by atoms with van der Waals surface area (Å²) in [4.78, 5) is 2.50. The molecular formula is C10H22N2O. The first kappa shape index (κ1) is 11.0. The molecule has 0 amide bonds. The predicted molar refractivity (Wildman–Crippen MR) is 55.0 cm³/mol. The molecule has 1 heterocycles. The van der Waals surface area contributed by atoms with Crippen LogP contribution in [-0.4, -0.2) is 49.8 Å². The summed E-state index contributed by atoms with van der Waals surface area (Å²) >= 11 is 0. The molecule has 0 spiro atoms. The maximum Gasteiger partial charge on any atom is 0.0593 e. The molecule has 0 saturated carbocycles. The van der Waals surface area contributed by atoms with E-state index in [4.69, 9.17) is 4.74 Å². The van der Waals surface area contributed by atoms with Gasteiger partial charge in [0.2, 0.25) is 0 Å². The largest absolute Gasteiger partial charge is 0.380 e. The topological polar surface area (TPSA) is 24.5 Å². The third-order valence-electron chi connectivity index (χ3n) is 2.62. The summed E-state index contributed by atoms with van der Waals surface area (Å²) in [7, 11) is 0. The van der Waals surface area contributed by atoms with Gasteiger partial charge in [-0.25, -0.2) is 0 Å². The molecule has 78 valence electrons. The Bertz CT molecular complexity index is 141. The van der Waals surface area contributed by atoms with Gasteiger partial charge in [0.15, 0.2) is 0 Å². The van der Waals surface area contributed by atoms with Crippen LogP contribution >= 0.6 is 0 Å². The number of nitrogens with zero attached hydrogens (tertiary/aromatic N) is 1. The van der Waals surface area contributed by atoms with Crippen molar-refractivity contribution in [1.29, 1.82) is 0 Å². The third-order valence-corrected chi connectivity index (χ3v) is 2.62. The molecule has 3 heteroatoms. The quantitative estimate of drug-likeness (QED) is 0.654. The minimum absolute atomic E-state index is 0.623. The van der Waals surface area contributed by atoms with E-state index in [9.17, 15) is 0 Å². The first-order valence-electron chi connectivity index (χ1n) is 5.29. The van der Waals surface area contributed by atoms with Crippen molar-refractivity contribution in [3.63, 3.8) is 0 Å². The minimum atomic E-state index is 0.623. The van der Waals surface area contributed by atoms with E-state index in [1.54, 1.807) is 0 Å². The van der Waals surface area contributed by atoms with Gasteiger partial charge in [0.05, 0.1) is 6.61 Å². The summed E-state index contributed by atoms with van der Waals surface area (Å²) in [5.41, 5.74) is 0. The Morgan fingerprint density at radius 1 is 1.46 bits per heavy atom. The zero-order chi connectivity index (χ0) is 9.68. The van der Waals surface area contributed by atoms with Crippen molar-refractivity contribution in [1.82, 2.24) is 10.2 Å². The van der Waals surface area contributed by atoms with E-state index in [1.165, 1.54) is 0 Å². The molecule has 1 saturated heterocycles. The van der Waals surface area contributed by atoms with Crippen molar-refractivity contribution in [2.75, 3.05) is 32.8 Å². The molecule has 1 aliphatic rings. The maximum atomic E-state index is 5.36. The Hall–Kier alpha value is -0.120. The summed E-state index contributed by atoms with van der Waals surface area (Å²) in [5, 5.41) is 3.47. The molecule has 0 aromatic rings. The van der Waals surface area contributed by atoms with E-state index in [2.05, 4.69) is 24.1 Å². The van der Waals surface area contributed by atoms with Crippen molar-refractivity contribution in [3.8, 4) is 0 Å². The number of piperazine rings is 1. The fraction of sp³-hybridized carbons (Fsp3) is 1.00. The highest BCUT2D eigenvalue weighted by atomic mass is 16.5. The summed E-state index contributed by atoms with van der Waals surface area (Å²) < 4.78 is 5.36. The van der Waals surface area contributed by atoms with Gasteiger partial charge >= 0.3 is 0 Å². The summed E-state index contributed by atoms with van der Waals surface area (Å²) in [6.07, 6.45) is 0. The smallest absolute Gasteiger partial charge is 0.0593 e. The average molecular weight is 186 g/mol. The van der Waals surface area contributed by atoms with E-state index in [1.807, 2.05) is 6.92 Å². The van der Waals surface area contributed by atoms with E-state index in [0.29, 0.717) is 12.1 Å². The SMILES string of the molecule is CCOCCN1CC(C)NCC1C. The zero-order valence-corrected chi connectivity index (χ0v) is 9.05. The fourth-order valence-electron chi connectivity index (χ4n) is 1.73. The van der Waals surface area contributed by atoms with Gasteiger partial charge in [-0.3, -0.25) is 4.90 Å². The van der Waals surface area contributed by atoms with Crippen molar-refractivity contribution < 1.29 is 4.74 Å². The molecule has 0 aromatic heterocycles. The second-order valence-electron chi connectivity index (χ2n) is 3.85. The van der Waals surface area contributed by atoms with E-state index in [0.717, 1.165) is 32.8 Å². The molecule has 0 radical (unpaired) electrons. The van der Waals surface area contributed by atoms with Crippen LogP contribution in [0.2, 0.25) is 0 Å². The normalized spacial score (nSPS) is 30.7. The molecule has 0 aliphatic carbocycles. The first-order valence-corrected chi connectivity index (χ1v) is 5.29. The van der Waals surface area contributed by atoms with Gasteiger partial charge in [-0.1, -0.05) is 0 Å². The van der Waals surface area contributed by atoms with Gasteiger partial charge in [-0.05, 0) is 20.8 Å². The van der Waals surface area contributed by atoms with Crippen LogP contribution in [0.25, 0.3) is 0 Å². The lowest BCUT2D eigenvalue weighted by Crippen LogP contribution is -2.54. The molecule has 1 aliphatic heterocycles. The van der Waals surface area contributed by atoms with E-state index >= 15 is 0 Å². The van der Waals surface area contributed by atoms with Crippen molar-refractivity contribution >= 4 is 0 Å². The van der Waals surface area contributed by atoms with Crippen LogP contribution < -0.4 is 5.32 Å². The van der Waals surface area contributed by atoms with Crippen molar-refractivity contribution in [2.45, 2.75) is 32.9 Å². The highest BCUT2D eigenvalue weighted by Crippen LogP contribution is 2.05. The second kappa shape index (κ2) is 5.58.